The van der Waals surface area contributed by atoms with Crippen LogP contribution < -0.4 is 0 Å². The molecule has 0 aromatic carbocycles. The first-order valence-corrected chi connectivity index (χ1v) is 5.20. The van der Waals surface area contributed by atoms with Gasteiger partial charge >= 0.3 is 0 Å². The lowest BCUT2D eigenvalue weighted by Crippen LogP contribution is -2.50. The number of hydrogen-bond donors (Lipinski definition) is 0. The maximum atomic E-state index is 2.52. The minimum atomic E-state index is 0.765. The molecule has 2 saturated carbocycles. The molecule has 0 aromatic rings. The molecule has 0 bridgehead atoms. The SMILES string of the molecule is CCC1C(C)C2(C)CCCC12. The van der Waals surface area contributed by atoms with E-state index < -0.39 is 0 Å². The van der Waals surface area contributed by atoms with Crippen LogP contribution >= 0.6 is 0 Å². The minimum Gasteiger partial charge on any atom is -0.0651 e. The van der Waals surface area contributed by atoms with Crippen LogP contribution in [-0.2, 0) is 0 Å². The van der Waals surface area contributed by atoms with E-state index in [1.807, 2.05) is 0 Å². The molecule has 11 heavy (non-hydrogen) atoms. The molecule has 0 heterocycles. The van der Waals surface area contributed by atoms with Crippen LogP contribution in [0.1, 0.15) is 46.5 Å². The van der Waals surface area contributed by atoms with E-state index in [1.165, 1.54) is 25.7 Å². The van der Waals surface area contributed by atoms with Crippen molar-refractivity contribution >= 4 is 0 Å². The Bertz CT molecular complexity index is 161. The summed E-state index contributed by atoms with van der Waals surface area (Å²) in [6.45, 7) is 7.34. The van der Waals surface area contributed by atoms with Crippen molar-refractivity contribution in [1.82, 2.24) is 0 Å². The molecule has 2 aliphatic rings. The molecule has 0 aliphatic heterocycles. The van der Waals surface area contributed by atoms with Crippen LogP contribution in [0.25, 0.3) is 0 Å². The smallest absolute Gasteiger partial charge is 0.0266 e. The molecular weight excluding hydrogens is 132 g/mol. The fourth-order valence-corrected chi connectivity index (χ4v) is 3.84. The third kappa shape index (κ3) is 0.761. The molecule has 64 valence electrons. The fourth-order valence-electron chi connectivity index (χ4n) is 3.84. The van der Waals surface area contributed by atoms with Crippen LogP contribution in [0.15, 0.2) is 0 Å². The first kappa shape index (κ1) is 7.64. The Hall–Kier alpha value is 0. The Kier molecular flexibility index (Phi) is 1.56. The summed E-state index contributed by atoms with van der Waals surface area (Å²) in [4.78, 5) is 0. The molecule has 0 amide bonds. The van der Waals surface area contributed by atoms with Crippen molar-refractivity contribution in [2.24, 2.45) is 23.2 Å². The summed E-state index contributed by atoms with van der Waals surface area (Å²) >= 11 is 0. The first-order valence-electron chi connectivity index (χ1n) is 5.20. The first-order chi connectivity index (χ1) is 5.20. The van der Waals surface area contributed by atoms with Crippen LogP contribution in [-0.4, -0.2) is 0 Å². The molecule has 0 nitrogen and oxygen atoms in total. The maximum Gasteiger partial charge on any atom is -0.0266 e. The lowest BCUT2D eigenvalue weighted by Gasteiger charge is -2.56. The van der Waals surface area contributed by atoms with Gasteiger partial charge in [0.05, 0.1) is 0 Å². The standard InChI is InChI=1S/C11H20/c1-4-9-8(2)11(3)7-5-6-10(9)11/h8-10H,4-7H2,1-3H3. The van der Waals surface area contributed by atoms with Crippen LogP contribution in [0.4, 0.5) is 0 Å². The molecule has 2 rings (SSSR count). The second-order valence-electron chi connectivity index (χ2n) is 4.87. The summed E-state index contributed by atoms with van der Waals surface area (Å²) in [5, 5.41) is 0. The molecule has 2 aliphatic carbocycles. The summed E-state index contributed by atoms with van der Waals surface area (Å²) < 4.78 is 0. The van der Waals surface area contributed by atoms with Crippen molar-refractivity contribution in [3.63, 3.8) is 0 Å². The maximum absolute atomic E-state index is 2.52. The van der Waals surface area contributed by atoms with E-state index in [0.717, 1.165) is 23.2 Å². The van der Waals surface area contributed by atoms with Crippen molar-refractivity contribution in [3.8, 4) is 0 Å². The van der Waals surface area contributed by atoms with Gasteiger partial charge in [-0.05, 0) is 36.0 Å². The van der Waals surface area contributed by atoms with Gasteiger partial charge in [-0.25, -0.2) is 0 Å². The normalized spacial score (nSPS) is 55.4. The second kappa shape index (κ2) is 2.24. The van der Waals surface area contributed by atoms with Gasteiger partial charge < -0.3 is 0 Å². The predicted octanol–water partition coefficient (Wildman–Crippen LogP) is 3.47. The predicted molar refractivity (Wildman–Crippen MR) is 48.4 cm³/mol. The van der Waals surface area contributed by atoms with E-state index in [-0.39, 0.29) is 0 Å². The number of rotatable bonds is 1. The van der Waals surface area contributed by atoms with E-state index in [9.17, 15) is 0 Å². The lowest BCUT2D eigenvalue weighted by atomic mass is 9.49. The lowest BCUT2D eigenvalue weighted by molar-refractivity contribution is -0.0775. The van der Waals surface area contributed by atoms with Crippen molar-refractivity contribution in [1.29, 1.82) is 0 Å². The van der Waals surface area contributed by atoms with Gasteiger partial charge in [-0.3, -0.25) is 0 Å². The quantitative estimate of drug-likeness (QED) is 0.539. The highest BCUT2D eigenvalue weighted by atomic mass is 14.6. The third-order valence-electron chi connectivity index (χ3n) is 4.75. The Balaban J connectivity index is 2.13. The summed E-state index contributed by atoms with van der Waals surface area (Å²) in [6, 6.07) is 0. The van der Waals surface area contributed by atoms with Gasteiger partial charge in [-0.2, -0.15) is 0 Å². The van der Waals surface area contributed by atoms with Crippen molar-refractivity contribution < 1.29 is 0 Å². The van der Waals surface area contributed by atoms with Crippen LogP contribution in [0.3, 0.4) is 0 Å². The van der Waals surface area contributed by atoms with Crippen molar-refractivity contribution in [2.45, 2.75) is 46.5 Å². The zero-order valence-corrected chi connectivity index (χ0v) is 8.06. The van der Waals surface area contributed by atoms with Gasteiger partial charge in [0, 0.05) is 0 Å². The van der Waals surface area contributed by atoms with E-state index in [4.69, 9.17) is 0 Å². The average molecular weight is 152 g/mol. The second-order valence-corrected chi connectivity index (χ2v) is 4.87. The number of hydrogen-bond acceptors (Lipinski definition) is 0. The average Bonchev–Trinajstić information content (AvgIpc) is 2.32. The molecule has 0 N–H and O–H groups in total. The van der Waals surface area contributed by atoms with Gasteiger partial charge in [-0.1, -0.05) is 33.6 Å². The minimum absolute atomic E-state index is 0.765. The van der Waals surface area contributed by atoms with E-state index in [0.29, 0.717) is 0 Å². The van der Waals surface area contributed by atoms with Crippen LogP contribution in [0.5, 0.6) is 0 Å². The molecule has 0 aromatic heterocycles. The summed E-state index contributed by atoms with van der Waals surface area (Å²) in [7, 11) is 0. The molecule has 0 spiro atoms. The zero-order chi connectivity index (χ0) is 8.06. The largest absolute Gasteiger partial charge is 0.0651 e. The highest BCUT2D eigenvalue weighted by Gasteiger charge is 2.57. The van der Waals surface area contributed by atoms with Crippen molar-refractivity contribution in [3.05, 3.63) is 0 Å². The van der Waals surface area contributed by atoms with Crippen molar-refractivity contribution in [2.75, 3.05) is 0 Å². The fraction of sp³-hybridized carbons (Fsp3) is 1.00. The molecule has 0 saturated heterocycles. The van der Waals surface area contributed by atoms with E-state index in [2.05, 4.69) is 20.8 Å². The summed E-state index contributed by atoms with van der Waals surface area (Å²) in [5.41, 5.74) is 0.765. The molecule has 4 unspecified atom stereocenters. The monoisotopic (exact) mass is 152 g/mol. The molecule has 0 heteroatoms. The topological polar surface area (TPSA) is 0 Å². The van der Waals surface area contributed by atoms with Gasteiger partial charge in [0.1, 0.15) is 0 Å². The zero-order valence-electron chi connectivity index (χ0n) is 8.06. The molecular formula is C11H20. The molecule has 0 radical (unpaired) electrons. The highest BCUT2D eigenvalue weighted by molar-refractivity contribution is 5.06. The number of fused-ring (bicyclic) bond motifs is 1. The Morgan fingerprint density at radius 3 is 2.82 bits per heavy atom. The Morgan fingerprint density at radius 2 is 2.18 bits per heavy atom. The van der Waals surface area contributed by atoms with Gasteiger partial charge in [0.15, 0.2) is 0 Å². The highest BCUT2D eigenvalue weighted by Crippen LogP contribution is 2.64. The molecule has 2 fully saturated rings. The Labute approximate surface area is 70.4 Å². The van der Waals surface area contributed by atoms with Gasteiger partial charge in [-0.15, -0.1) is 0 Å². The third-order valence-corrected chi connectivity index (χ3v) is 4.75. The summed E-state index contributed by atoms with van der Waals surface area (Å²) in [5.74, 6) is 3.19. The van der Waals surface area contributed by atoms with E-state index in [1.54, 1.807) is 0 Å². The van der Waals surface area contributed by atoms with Gasteiger partial charge in [0.2, 0.25) is 0 Å². The van der Waals surface area contributed by atoms with Crippen LogP contribution in [0, 0.1) is 23.2 Å². The Morgan fingerprint density at radius 1 is 1.45 bits per heavy atom. The summed E-state index contributed by atoms with van der Waals surface area (Å²) in [6.07, 6.45) is 5.96. The van der Waals surface area contributed by atoms with Gasteiger partial charge in [0.25, 0.3) is 0 Å². The molecule has 4 atom stereocenters. The van der Waals surface area contributed by atoms with E-state index >= 15 is 0 Å². The van der Waals surface area contributed by atoms with Crippen LogP contribution in [0.2, 0.25) is 0 Å².